The monoisotopic (exact) mass is 327 g/mol. The van der Waals surface area contributed by atoms with Gasteiger partial charge in [0.1, 0.15) is 6.54 Å². The predicted octanol–water partition coefficient (Wildman–Crippen LogP) is 0.920. The summed E-state index contributed by atoms with van der Waals surface area (Å²) in [5, 5.41) is 0. The van der Waals surface area contributed by atoms with Crippen LogP contribution in [0.4, 0.5) is 0 Å². The lowest BCUT2D eigenvalue weighted by molar-refractivity contribution is -0.131. The molecule has 0 radical (unpaired) electrons. The summed E-state index contributed by atoms with van der Waals surface area (Å²) in [4.78, 5) is 38.0. The van der Waals surface area contributed by atoms with Crippen molar-refractivity contribution in [2.75, 3.05) is 7.05 Å². The van der Waals surface area contributed by atoms with Crippen LogP contribution in [0.5, 0.6) is 0 Å². The maximum atomic E-state index is 12.1. The Kier molecular flexibility index (Phi) is 4.64. The van der Waals surface area contributed by atoms with Gasteiger partial charge in [0.2, 0.25) is 5.91 Å². The van der Waals surface area contributed by atoms with Crippen LogP contribution >= 0.6 is 22.9 Å². The predicted molar refractivity (Wildman–Crippen MR) is 81.7 cm³/mol. The van der Waals surface area contributed by atoms with Crippen LogP contribution in [0.2, 0.25) is 4.34 Å². The third-order valence-electron chi connectivity index (χ3n) is 2.98. The van der Waals surface area contributed by atoms with Gasteiger partial charge in [0.25, 0.3) is 5.56 Å². The van der Waals surface area contributed by atoms with E-state index in [0.29, 0.717) is 10.9 Å². The molecule has 2 aromatic heterocycles. The van der Waals surface area contributed by atoms with Gasteiger partial charge in [-0.3, -0.25) is 14.2 Å². The van der Waals surface area contributed by atoms with Crippen LogP contribution in [-0.2, 0) is 24.9 Å². The Balaban J connectivity index is 2.13. The summed E-state index contributed by atoms with van der Waals surface area (Å²) in [5.41, 5.74) is -0.998. The SMILES string of the molecule is CN(Cc1ccc(Cl)s1)C(=O)Cn1c(=O)ccn(C)c1=O. The van der Waals surface area contributed by atoms with Gasteiger partial charge in [-0.1, -0.05) is 11.6 Å². The Bertz CT molecular complexity index is 777. The lowest BCUT2D eigenvalue weighted by atomic mass is 10.4. The Morgan fingerprint density at radius 1 is 1.33 bits per heavy atom. The summed E-state index contributed by atoms with van der Waals surface area (Å²) in [5.74, 6) is -0.315. The highest BCUT2D eigenvalue weighted by molar-refractivity contribution is 7.16. The minimum Gasteiger partial charge on any atom is -0.339 e. The molecule has 0 aliphatic rings. The maximum absolute atomic E-state index is 12.1. The molecule has 0 bridgehead atoms. The van der Waals surface area contributed by atoms with E-state index in [1.165, 1.54) is 40.1 Å². The van der Waals surface area contributed by atoms with Gasteiger partial charge in [0.15, 0.2) is 0 Å². The molecule has 21 heavy (non-hydrogen) atoms. The normalized spacial score (nSPS) is 10.6. The molecule has 0 unspecified atom stereocenters. The van der Waals surface area contributed by atoms with Crippen LogP contribution in [0.1, 0.15) is 4.88 Å². The van der Waals surface area contributed by atoms with Gasteiger partial charge in [-0.25, -0.2) is 4.79 Å². The highest BCUT2D eigenvalue weighted by atomic mass is 35.5. The summed E-state index contributed by atoms with van der Waals surface area (Å²) in [6.45, 7) is 0.111. The molecule has 0 aliphatic heterocycles. The van der Waals surface area contributed by atoms with E-state index < -0.39 is 11.2 Å². The fraction of sp³-hybridized carbons (Fsp3) is 0.308. The molecular formula is C13H14ClN3O3S. The number of aromatic nitrogens is 2. The molecule has 0 saturated heterocycles. The van der Waals surface area contributed by atoms with Crippen LogP contribution < -0.4 is 11.2 Å². The number of nitrogens with zero attached hydrogens (tertiary/aromatic N) is 3. The van der Waals surface area contributed by atoms with Crippen LogP contribution in [0, 0.1) is 0 Å². The van der Waals surface area contributed by atoms with Crippen LogP contribution in [-0.4, -0.2) is 27.0 Å². The summed E-state index contributed by atoms with van der Waals surface area (Å²) in [6, 6.07) is 4.86. The largest absolute Gasteiger partial charge is 0.339 e. The molecule has 1 amide bonds. The van der Waals surface area contributed by atoms with Gasteiger partial charge in [-0.2, -0.15) is 0 Å². The van der Waals surface area contributed by atoms with E-state index in [-0.39, 0.29) is 12.5 Å². The second kappa shape index (κ2) is 6.28. The molecule has 8 heteroatoms. The van der Waals surface area contributed by atoms with Gasteiger partial charge in [0.05, 0.1) is 10.9 Å². The fourth-order valence-electron chi connectivity index (χ4n) is 1.77. The summed E-state index contributed by atoms with van der Waals surface area (Å²) < 4.78 is 2.83. The lowest BCUT2D eigenvalue weighted by Gasteiger charge is -2.16. The van der Waals surface area contributed by atoms with E-state index in [9.17, 15) is 14.4 Å². The minimum absolute atomic E-state index is 0.276. The second-order valence-electron chi connectivity index (χ2n) is 4.59. The fourth-order valence-corrected chi connectivity index (χ4v) is 2.92. The van der Waals surface area contributed by atoms with E-state index in [1.807, 2.05) is 6.07 Å². The average Bonchev–Trinajstić information content (AvgIpc) is 2.84. The Labute approximate surface area is 129 Å². The first-order chi connectivity index (χ1) is 9.88. The molecule has 0 aliphatic carbocycles. The maximum Gasteiger partial charge on any atom is 0.331 e. The Morgan fingerprint density at radius 3 is 2.67 bits per heavy atom. The molecule has 0 N–H and O–H groups in total. The number of likely N-dealkylation sites (N-methyl/N-ethyl adjacent to an activating group) is 1. The number of hydrogen-bond acceptors (Lipinski definition) is 4. The smallest absolute Gasteiger partial charge is 0.331 e. The van der Waals surface area contributed by atoms with E-state index in [0.717, 1.165) is 9.44 Å². The summed E-state index contributed by atoms with van der Waals surface area (Å²) in [7, 11) is 3.15. The van der Waals surface area contributed by atoms with Gasteiger partial charge < -0.3 is 9.47 Å². The van der Waals surface area contributed by atoms with Crippen molar-refractivity contribution in [2.45, 2.75) is 13.1 Å². The molecular weight excluding hydrogens is 314 g/mol. The number of carbonyl (C=O) groups excluding carboxylic acids is 1. The molecule has 2 heterocycles. The van der Waals surface area contributed by atoms with Crippen molar-refractivity contribution in [1.82, 2.24) is 14.0 Å². The Morgan fingerprint density at radius 2 is 2.05 bits per heavy atom. The van der Waals surface area contributed by atoms with Gasteiger partial charge in [-0.15, -0.1) is 11.3 Å². The van der Waals surface area contributed by atoms with Gasteiger partial charge in [-0.05, 0) is 12.1 Å². The average molecular weight is 328 g/mol. The zero-order valence-corrected chi connectivity index (χ0v) is 13.1. The van der Waals surface area contributed by atoms with Crippen LogP contribution in [0.3, 0.4) is 0 Å². The molecule has 2 aromatic rings. The van der Waals surface area contributed by atoms with Gasteiger partial charge in [0, 0.05) is 31.2 Å². The molecule has 0 spiro atoms. The van der Waals surface area contributed by atoms with Crippen molar-refractivity contribution in [2.24, 2.45) is 7.05 Å². The third kappa shape index (κ3) is 3.62. The minimum atomic E-state index is -0.511. The van der Waals surface area contributed by atoms with Crippen molar-refractivity contribution in [3.63, 3.8) is 0 Å². The molecule has 0 atom stereocenters. The topological polar surface area (TPSA) is 64.3 Å². The molecule has 0 aromatic carbocycles. The van der Waals surface area contributed by atoms with E-state index in [1.54, 1.807) is 13.1 Å². The van der Waals surface area contributed by atoms with Crippen molar-refractivity contribution in [3.8, 4) is 0 Å². The first-order valence-electron chi connectivity index (χ1n) is 6.13. The van der Waals surface area contributed by atoms with Crippen molar-refractivity contribution in [3.05, 3.63) is 54.4 Å². The number of carbonyl (C=O) groups is 1. The summed E-state index contributed by atoms with van der Waals surface area (Å²) >= 11 is 7.22. The van der Waals surface area contributed by atoms with E-state index in [2.05, 4.69) is 0 Å². The highest BCUT2D eigenvalue weighted by Gasteiger charge is 2.14. The van der Waals surface area contributed by atoms with Gasteiger partial charge >= 0.3 is 5.69 Å². The highest BCUT2D eigenvalue weighted by Crippen LogP contribution is 2.22. The summed E-state index contributed by atoms with van der Waals surface area (Å²) in [6.07, 6.45) is 1.38. The first kappa shape index (κ1) is 15.5. The number of rotatable bonds is 4. The number of amides is 1. The quantitative estimate of drug-likeness (QED) is 0.839. The number of thiophene rings is 1. The molecule has 0 saturated carbocycles. The van der Waals surface area contributed by atoms with Crippen molar-refractivity contribution >= 4 is 28.8 Å². The Hall–Kier alpha value is -1.86. The number of aryl methyl sites for hydroxylation is 1. The molecule has 0 fully saturated rings. The lowest BCUT2D eigenvalue weighted by Crippen LogP contribution is -2.42. The second-order valence-corrected chi connectivity index (χ2v) is 6.39. The zero-order chi connectivity index (χ0) is 15.6. The van der Waals surface area contributed by atoms with Crippen molar-refractivity contribution in [1.29, 1.82) is 0 Å². The standard InChI is InChI=1S/C13H14ClN3O3S/c1-15-6-5-11(18)17(13(15)20)8-12(19)16(2)7-9-3-4-10(14)21-9/h3-6H,7-8H2,1-2H3. The van der Waals surface area contributed by atoms with E-state index in [4.69, 9.17) is 11.6 Å². The number of hydrogen-bond donors (Lipinski definition) is 0. The van der Waals surface area contributed by atoms with Crippen molar-refractivity contribution < 1.29 is 4.79 Å². The number of halogens is 1. The first-order valence-corrected chi connectivity index (χ1v) is 7.32. The molecule has 6 nitrogen and oxygen atoms in total. The molecule has 112 valence electrons. The zero-order valence-electron chi connectivity index (χ0n) is 11.6. The van der Waals surface area contributed by atoms with Crippen LogP contribution in [0.15, 0.2) is 34.0 Å². The van der Waals surface area contributed by atoms with Crippen LogP contribution in [0.25, 0.3) is 0 Å². The third-order valence-corrected chi connectivity index (χ3v) is 4.20. The van der Waals surface area contributed by atoms with E-state index >= 15 is 0 Å². The molecule has 2 rings (SSSR count).